The highest BCUT2D eigenvalue weighted by molar-refractivity contribution is 5.31. The van der Waals surface area contributed by atoms with E-state index in [1.165, 1.54) is 56.1 Å². The first kappa shape index (κ1) is 18.2. The molecule has 0 aliphatic heterocycles. The van der Waals surface area contributed by atoms with Gasteiger partial charge in [-0.1, -0.05) is 57.4 Å². The average Bonchev–Trinajstić information content (AvgIpc) is 2.40. The molecule has 0 spiro atoms. The first-order valence-electron chi connectivity index (χ1n) is 7.89. The van der Waals surface area contributed by atoms with Crippen LogP contribution in [0.2, 0.25) is 0 Å². The van der Waals surface area contributed by atoms with Crippen LogP contribution in [0, 0.1) is 0 Å². The van der Waals surface area contributed by atoms with Crippen LogP contribution in [0.15, 0.2) is 36.0 Å². The summed E-state index contributed by atoms with van der Waals surface area (Å²) < 4.78 is 0. The van der Waals surface area contributed by atoms with E-state index < -0.39 is 0 Å². The molecule has 0 aromatic rings. The van der Waals surface area contributed by atoms with Gasteiger partial charge in [-0.3, -0.25) is 0 Å². The largest absolute Gasteiger partial charge is 0.320 e. The van der Waals surface area contributed by atoms with Crippen molar-refractivity contribution in [3.8, 4) is 0 Å². The second-order valence-corrected chi connectivity index (χ2v) is 5.20. The lowest BCUT2D eigenvalue weighted by Gasteiger charge is -2.08. The summed E-state index contributed by atoms with van der Waals surface area (Å²) in [5, 5.41) is 3.20. The summed E-state index contributed by atoms with van der Waals surface area (Å²) in [6, 6.07) is 0. The third kappa shape index (κ3) is 10.8. The highest BCUT2D eigenvalue weighted by Gasteiger charge is 1.99. The van der Waals surface area contributed by atoms with Crippen molar-refractivity contribution in [1.82, 2.24) is 5.32 Å². The SMILES string of the molecule is C=C/C=C(C)\C(=C/CC)CCCCCCCCNC. The molecule has 0 amide bonds. The van der Waals surface area contributed by atoms with E-state index in [4.69, 9.17) is 0 Å². The van der Waals surface area contributed by atoms with Gasteiger partial charge in [0.15, 0.2) is 0 Å². The third-order valence-electron chi connectivity index (χ3n) is 3.45. The Kier molecular flexibility index (Phi) is 13.0. The van der Waals surface area contributed by atoms with Crippen LogP contribution in [0.3, 0.4) is 0 Å². The summed E-state index contributed by atoms with van der Waals surface area (Å²) >= 11 is 0. The molecule has 0 aliphatic rings. The van der Waals surface area contributed by atoms with Crippen LogP contribution in [-0.4, -0.2) is 13.6 Å². The number of rotatable bonds is 12. The van der Waals surface area contributed by atoms with Gasteiger partial charge >= 0.3 is 0 Å². The Morgan fingerprint density at radius 2 is 1.68 bits per heavy atom. The maximum atomic E-state index is 3.78. The van der Waals surface area contributed by atoms with Crippen LogP contribution < -0.4 is 5.32 Å². The maximum absolute atomic E-state index is 3.78. The van der Waals surface area contributed by atoms with Crippen molar-refractivity contribution < 1.29 is 0 Å². The normalized spacial score (nSPS) is 12.8. The second-order valence-electron chi connectivity index (χ2n) is 5.20. The third-order valence-corrected chi connectivity index (χ3v) is 3.45. The van der Waals surface area contributed by atoms with E-state index in [0.29, 0.717) is 0 Å². The zero-order valence-corrected chi connectivity index (χ0v) is 13.3. The molecule has 19 heavy (non-hydrogen) atoms. The van der Waals surface area contributed by atoms with Gasteiger partial charge in [0.05, 0.1) is 0 Å². The molecule has 1 N–H and O–H groups in total. The first-order valence-corrected chi connectivity index (χ1v) is 7.89. The van der Waals surface area contributed by atoms with Crippen molar-refractivity contribution >= 4 is 0 Å². The van der Waals surface area contributed by atoms with Gasteiger partial charge in [0, 0.05) is 0 Å². The molecule has 110 valence electrons. The molecule has 0 radical (unpaired) electrons. The summed E-state index contributed by atoms with van der Waals surface area (Å²) in [4.78, 5) is 0. The second kappa shape index (κ2) is 13.6. The zero-order chi connectivity index (χ0) is 14.3. The minimum atomic E-state index is 1.13. The van der Waals surface area contributed by atoms with Gasteiger partial charge in [-0.25, -0.2) is 0 Å². The van der Waals surface area contributed by atoms with Crippen molar-refractivity contribution in [3.63, 3.8) is 0 Å². The quantitative estimate of drug-likeness (QED) is 0.367. The Morgan fingerprint density at radius 3 is 2.26 bits per heavy atom. The molecule has 1 heteroatoms. The van der Waals surface area contributed by atoms with Crippen LogP contribution in [0.5, 0.6) is 0 Å². The molecule has 0 saturated heterocycles. The van der Waals surface area contributed by atoms with Gasteiger partial charge in [-0.15, -0.1) is 0 Å². The molecular formula is C18H33N. The predicted molar refractivity (Wildman–Crippen MR) is 88.6 cm³/mol. The lowest BCUT2D eigenvalue weighted by atomic mass is 9.98. The Balaban J connectivity index is 3.74. The Morgan fingerprint density at radius 1 is 1.05 bits per heavy atom. The first-order chi connectivity index (χ1) is 9.26. The fourth-order valence-corrected chi connectivity index (χ4v) is 2.31. The van der Waals surface area contributed by atoms with Gasteiger partial charge in [0.2, 0.25) is 0 Å². The summed E-state index contributed by atoms with van der Waals surface area (Å²) in [5.74, 6) is 0. The number of hydrogen-bond acceptors (Lipinski definition) is 1. The van der Waals surface area contributed by atoms with E-state index in [0.717, 1.165) is 13.0 Å². The molecule has 0 rings (SSSR count). The van der Waals surface area contributed by atoms with Crippen LogP contribution >= 0.6 is 0 Å². The lowest BCUT2D eigenvalue weighted by Crippen LogP contribution is -2.06. The van der Waals surface area contributed by atoms with E-state index in [9.17, 15) is 0 Å². The molecule has 1 nitrogen and oxygen atoms in total. The van der Waals surface area contributed by atoms with E-state index in [1.54, 1.807) is 0 Å². The van der Waals surface area contributed by atoms with Gasteiger partial charge in [0.25, 0.3) is 0 Å². The van der Waals surface area contributed by atoms with Crippen LogP contribution in [-0.2, 0) is 0 Å². The fourth-order valence-electron chi connectivity index (χ4n) is 2.31. The van der Waals surface area contributed by atoms with Crippen molar-refractivity contribution in [2.45, 2.75) is 65.2 Å². The molecule has 0 saturated carbocycles. The van der Waals surface area contributed by atoms with Crippen molar-refractivity contribution in [2.24, 2.45) is 0 Å². The summed E-state index contributed by atoms with van der Waals surface area (Å²) in [5.41, 5.74) is 2.89. The number of nitrogens with one attached hydrogen (secondary N) is 1. The van der Waals surface area contributed by atoms with Gasteiger partial charge < -0.3 is 5.32 Å². The maximum Gasteiger partial charge on any atom is -0.00519 e. The molecule has 0 unspecified atom stereocenters. The van der Waals surface area contributed by atoms with E-state index in [1.807, 2.05) is 13.1 Å². The van der Waals surface area contributed by atoms with Crippen molar-refractivity contribution in [3.05, 3.63) is 36.0 Å². The Labute approximate surface area is 120 Å². The van der Waals surface area contributed by atoms with Crippen LogP contribution in [0.25, 0.3) is 0 Å². The minimum Gasteiger partial charge on any atom is -0.320 e. The molecule has 0 aromatic heterocycles. The topological polar surface area (TPSA) is 12.0 Å². The van der Waals surface area contributed by atoms with Crippen LogP contribution in [0.1, 0.15) is 65.2 Å². The van der Waals surface area contributed by atoms with Gasteiger partial charge in [0.1, 0.15) is 0 Å². The summed E-state index contributed by atoms with van der Waals surface area (Å²) in [6.45, 7) is 9.35. The number of allylic oxidation sites excluding steroid dienone is 5. The summed E-state index contributed by atoms with van der Waals surface area (Å²) in [7, 11) is 2.03. The smallest absolute Gasteiger partial charge is 0.00519 e. The number of unbranched alkanes of at least 4 members (excludes halogenated alkanes) is 5. The van der Waals surface area contributed by atoms with Crippen LogP contribution in [0.4, 0.5) is 0 Å². The molecule has 0 aliphatic carbocycles. The summed E-state index contributed by atoms with van der Waals surface area (Å²) in [6.07, 6.45) is 16.9. The fraction of sp³-hybridized carbons (Fsp3) is 0.667. The highest BCUT2D eigenvalue weighted by atomic mass is 14.8. The van der Waals surface area contributed by atoms with Crippen molar-refractivity contribution in [1.29, 1.82) is 0 Å². The van der Waals surface area contributed by atoms with E-state index in [2.05, 4.69) is 37.9 Å². The van der Waals surface area contributed by atoms with Gasteiger partial charge in [-0.2, -0.15) is 0 Å². The Hall–Kier alpha value is -0.820. The lowest BCUT2D eigenvalue weighted by molar-refractivity contribution is 0.581. The molecule has 0 atom stereocenters. The Bertz CT molecular complexity index is 273. The molecule has 0 heterocycles. The zero-order valence-electron chi connectivity index (χ0n) is 13.3. The number of hydrogen-bond donors (Lipinski definition) is 1. The standard InChI is InChI=1S/C18H33N/c1-5-13-17(3)18(14-6-2)15-11-9-7-8-10-12-16-19-4/h5,13-14,19H,1,6-12,15-16H2,2-4H3/b17-13-,18-14-. The molecule has 0 fully saturated rings. The van der Waals surface area contributed by atoms with Crippen molar-refractivity contribution in [2.75, 3.05) is 13.6 Å². The van der Waals surface area contributed by atoms with E-state index in [-0.39, 0.29) is 0 Å². The monoisotopic (exact) mass is 263 g/mol. The highest BCUT2D eigenvalue weighted by Crippen LogP contribution is 2.19. The molecule has 0 aromatic carbocycles. The van der Waals surface area contributed by atoms with Gasteiger partial charge in [-0.05, 0) is 57.3 Å². The van der Waals surface area contributed by atoms with E-state index >= 15 is 0 Å². The predicted octanol–water partition coefficient (Wildman–Crippen LogP) is 5.41. The minimum absolute atomic E-state index is 1.13. The molecular weight excluding hydrogens is 230 g/mol. The molecule has 0 bridgehead atoms. The average molecular weight is 263 g/mol.